The fourth-order valence-corrected chi connectivity index (χ4v) is 21.1. The van der Waals surface area contributed by atoms with E-state index in [1.807, 2.05) is 0 Å². The van der Waals surface area contributed by atoms with Crippen molar-refractivity contribution in [2.24, 2.45) is 81.0 Å². The van der Waals surface area contributed by atoms with Gasteiger partial charge in [0.1, 0.15) is 0 Å². The van der Waals surface area contributed by atoms with Gasteiger partial charge in [0.25, 0.3) is 0 Å². The topological polar surface area (TPSA) is 24.7 Å². The van der Waals surface area contributed by atoms with E-state index in [0.717, 1.165) is 71.0 Å². The third-order valence-corrected chi connectivity index (χ3v) is 21.0. The predicted molar refractivity (Wildman–Crippen MR) is 229 cm³/mol. The molecule has 16 fully saturated rings. The molecule has 16 aliphatic rings. The number of rotatable bonds is 7. The van der Waals surface area contributed by atoms with Crippen LogP contribution in [0.3, 0.4) is 0 Å². The van der Waals surface area contributed by atoms with Crippen LogP contribution in [-0.4, -0.2) is 12.4 Å². The number of benzene rings is 2. The molecule has 0 amide bonds. The fourth-order valence-electron chi connectivity index (χ4n) is 21.1. The fraction of sp³-hybridized carbons (Fsp3) is 0.741. The Hall–Kier alpha value is -2.22. The minimum atomic E-state index is 0.355. The van der Waals surface area contributed by atoms with Gasteiger partial charge in [-0.2, -0.15) is 0 Å². The average molecular weight is 745 g/mol. The molecule has 0 saturated heterocycles. The molecule has 16 saturated carbocycles. The Bertz CT molecular complexity index is 1600. The van der Waals surface area contributed by atoms with Crippen molar-refractivity contribution in [1.29, 1.82) is 0 Å². The van der Waals surface area contributed by atoms with Crippen molar-refractivity contribution in [2.45, 2.75) is 176 Å². The normalized spacial score (nSPS) is 51.1. The second-order valence-corrected chi connectivity index (χ2v) is 24.8. The number of aliphatic imine (C=N–C) groups is 2. The zero-order valence-corrected chi connectivity index (χ0v) is 34.4. The van der Waals surface area contributed by atoms with Crippen molar-refractivity contribution < 1.29 is 0 Å². The molecule has 16 aliphatic carbocycles. The summed E-state index contributed by atoms with van der Waals surface area (Å²) in [7, 11) is 0. The van der Waals surface area contributed by atoms with Gasteiger partial charge in [-0.1, -0.05) is 36.4 Å². The van der Waals surface area contributed by atoms with Gasteiger partial charge in [-0.3, -0.25) is 9.98 Å². The van der Waals surface area contributed by atoms with Crippen LogP contribution in [0.25, 0.3) is 0 Å². The van der Waals surface area contributed by atoms with Crippen LogP contribution in [0.5, 0.6) is 0 Å². The zero-order chi connectivity index (χ0) is 36.4. The maximum Gasteiger partial charge on any atom is 0.0705 e. The van der Waals surface area contributed by atoms with Crippen LogP contribution in [0.4, 0.5) is 11.4 Å². The smallest absolute Gasteiger partial charge is 0.0705 e. The van der Waals surface area contributed by atoms with E-state index in [2.05, 4.69) is 48.8 Å². The Morgan fingerprint density at radius 1 is 0.304 bits per heavy atom. The summed E-state index contributed by atoms with van der Waals surface area (Å²) in [5.74, 6) is 11.4. The molecular formula is C54H68N2. The van der Waals surface area contributed by atoms with Gasteiger partial charge in [-0.25, -0.2) is 0 Å². The molecule has 2 aromatic carbocycles. The van der Waals surface area contributed by atoms with Crippen LogP contribution in [0.2, 0.25) is 0 Å². The van der Waals surface area contributed by atoms with E-state index in [1.54, 1.807) is 22.3 Å². The van der Waals surface area contributed by atoms with Gasteiger partial charge < -0.3 is 0 Å². The molecule has 0 heterocycles. The van der Waals surface area contributed by atoms with Crippen molar-refractivity contribution in [2.75, 3.05) is 0 Å². The maximum atomic E-state index is 5.81. The van der Waals surface area contributed by atoms with Crippen molar-refractivity contribution in [3.05, 3.63) is 58.7 Å². The highest BCUT2D eigenvalue weighted by molar-refractivity contribution is 6.17. The number of hydrogen-bond donors (Lipinski definition) is 0. The molecule has 0 spiro atoms. The lowest BCUT2D eigenvalue weighted by Crippen LogP contribution is -2.50. The number of nitrogens with zero attached hydrogens (tertiary/aromatic N) is 2. The highest BCUT2D eigenvalue weighted by atomic mass is 14.8. The first-order valence-corrected chi connectivity index (χ1v) is 24.7. The Balaban J connectivity index is 0.894. The van der Waals surface area contributed by atoms with Gasteiger partial charge in [-0.15, -0.1) is 0 Å². The monoisotopic (exact) mass is 745 g/mol. The quantitative estimate of drug-likeness (QED) is 0.252. The van der Waals surface area contributed by atoms with Gasteiger partial charge in [0.15, 0.2) is 0 Å². The van der Waals surface area contributed by atoms with Crippen molar-refractivity contribution >= 4 is 23.8 Å². The molecule has 2 nitrogen and oxygen atoms in total. The highest BCUT2D eigenvalue weighted by Crippen LogP contribution is 2.68. The summed E-state index contributed by atoms with van der Waals surface area (Å²) in [6.07, 6.45) is 39.7. The summed E-state index contributed by atoms with van der Waals surface area (Å²) >= 11 is 0. The lowest BCUT2D eigenvalue weighted by Gasteiger charge is -2.59. The van der Waals surface area contributed by atoms with E-state index in [1.165, 1.54) is 165 Å². The summed E-state index contributed by atoms with van der Waals surface area (Å²) in [5.41, 5.74) is 10.9. The first-order valence-electron chi connectivity index (χ1n) is 24.7. The molecule has 0 aromatic heterocycles. The first kappa shape index (κ1) is 33.6. The largest absolute Gasteiger partial charge is 0.255 e. The third kappa shape index (κ3) is 4.92. The van der Waals surface area contributed by atoms with E-state index >= 15 is 0 Å². The molecule has 0 N–H and O–H groups in total. The summed E-state index contributed by atoms with van der Waals surface area (Å²) < 4.78 is 0. The SMILES string of the molecule is C(C=Nc1c(C23CC4CC(CC(C4)C2)C3)cccc1C12CC3CC(CC(C3)C1)C2)=Nc1c(C23CC4CC(CC(C4)C2)C3)cccc1C12CC3CC(CC(C3)C1)C2. The van der Waals surface area contributed by atoms with Gasteiger partial charge in [0.2, 0.25) is 0 Å². The van der Waals surface area contributed by atoms with E-state index < -0.39 is 0 Å². The number of para-hydroxylation sites is 2. The second kappa shape index (κ2) is 11.7. The van der Waals surface area contributed by atoms with Crippen LogP contribution in [0, 0.1) is 71.0 Å². The van der Waals surface area contributed by atoms with E-state index in [4.69, 9.17) is 9.98 Å². The van der Waals surface area contributed by atoms with Gasteiger partial charge in [0.05, 0.1) is 11.4 Å². The molecule has 0 radical (unpaired) electrons. The lowest BCUT2D eigenvalue weighted by molar-refractivity contribution is -0.00804. The van der Waals surface area contributed by atoms with Crippen LogP contribution in [0.1, 0.15) is 176 Å². The van der Waals surface area contributed by atoms with Crippen LogP contribution < -0.4 is 0 Å². The Kier molecular flexibility index (Phi) is 7.04. The standard InChI is InChI=1S/C54H68N2/c1-3-45(51-21-33-9-34(22-51)11-35(10-33)23-51)49(46(4-1)52-24-36-12-37(25-52)14-38(13-36)26-52)55-7-8-56-50-47(53-27-39-15-40(28-53)17-41(16-39)29-53)5-2-6-48(50)54-30-42-18-43(31-54)20-44(19-42)32-54/h1-8,33-44H,9-32H2. The second-order valence-electron chi connectivity index (χ2n) is 24.8. The molecule has 294 valence electrons. The minimum Gasteiger partial charge on any atom is -0.255 e. The molecule has 0 aliphatic heterocycles. The van der Waals surface area contributed by atoms with E-state index in [-0.39, 0.29) is 0 Å². The lowest BCUT2D eigenvalue weighted by atomic mass is 9.46. The van der Waals surface area contributed by atoms with Crippen molar-refractivity contribution in [3.63, 3.8) is 0 Å². The van der Waals surface area contributed by atoms with Gasteiger partial charge in [-0.05, 0) is 269 Å². The molecule has 0 atom stereocenters. The van der Waals surface area contributed by atoms with Crippen molar-refractivity contribution in [1.82, 2.24) is 0 Å². The molecule has 2 aromatic rings. The summed E-state index contributed by atoms with van der Waals surface area (Å²) in [6, 6.07) is 15.4. The van der Waals surface area contributed by atoms with Crippen LogP contribution >= 0.6 is 0 Å². The molecular weight excluding hydrogens is 677 g/mol. The maximum absolute atomic E-state index is 5.81. The number of hydrogen-bond acceptors (Lipinski definition) is 2. The Labute approximate surface area is 338 Å². The van der Waals surface area contributed by atoms with E-state index in [9.17, 15) is 0 Å². The molecule has 56 heavy (non-hydrogen) atoms. The van der Waals surface area contributed by atoms with Gasteiger partial charge >= 0.3 is 0 Å². The Morgan fingerprint density at radius 2 is 0.482 bits per heavy atom. The predicted octanol–water partition coefficient (Wildman–Crippen LogP) is 13.7. The van der Waals surface area contributed by atoms with E-state index in [0.29, 0.717) is 21.7 Å². The minimum absolute atomic E-state index is 0.355. The highest BCUT2D eigenvalue weighted by Gasteiger charge is 2.57. The average Bonchev–Trinajstić information content (AvgIpc) is 3.14. The third-order valence-electron chi connectivity index (χ3n) is 21.0. The molecule has 16 bridgehead atoms. The van der Waals surface area contributed by atoms with Gasteiger partial charge in [0, 0.05) is 12.4 Å². The van der Waals surface area contributed by atoms with Crippen LogP contribution in [0.15, 0.2) is 46.4 Å². The molecule has 18 rings (SSSR count). The van der Waals surface area contributed by atoms with Crippen molar-refractivity contribution in [3.8, 4) is 0 Å². The zero-order valence-electron chi connectivity index (χ0n) is 34.4. The summed E-state index contributed by atoms with van der Waals surface area (Å²) in [5, 5.41) is 0. The van der Waals surface area contributed by atoms with Crippen LogP contribution in [-0.2, 0) is 21.7 Å². The first-order chi connectivity index (χ1) is 27.4. The Morgan fingerprint density at radius 3 is 0.661 bits per heavy atom. The molecule has 2 heteroatoms. The summed E-state index contributed by atoms with van der Waals surface area (Å²) in [4.78, 5) is 11.6. The molecule has 0 unspecified atom stereocenters. The summed E-state index contributed by atoms with van der Waals surface area (Å²) in [6.45, 7) is 0.